The predicted molar refractivity (Wildman–Crippen MR) is 55.2 cm³/mol. The molecule has 1 rings (SSSR count). The normalized spacial score (nSPS) is 13.4. The van der Waals surface area contributed by atoms with Crippen molar-refractivity contribution in [3.05, 3.63) is 17.5 Å². The first kappa shape index (κ1) is 12.2. The van der Waals surface area contributed by atoms with Crippen LogP contribution in [0.2, 0.25) is 0 Å². The molecule has 1 unspecified atom stereocenters. The van der Waals surface area contributed by atoms with E-state index in [1.54, 1.807) is 7.11 Å². The van der Waals surface area contributed by atoms with Crippen LogP contribution >= 0.6 is 0 Å². The molecule has 5 heteroatoms. The minimum Gasteiger partial charge on any atom is -0.395 e. The summed E-state index contributed by atoms with van der Waals surface area (Å²) in [6.07, 6.45) is 0. The molecule has 1 aromatic rings. The number of aliphatic hydroxyl groups is 1. The van der Waals surface area contributed by atoms with E-state index in [9.17, 15) is 0 Å². The Balaban J connectivity index is 2.49. The number of rotatable bonds is 6. The standard InChI is InChI=1S/C10H18N2O3/c1-8(6-13)12(2)5-9-4-10(7-14-3)15-11-9/h4,8,13H,5-7H2,1-3H3. The van der Waals surface area contributed by atoms with Gasteiger partial charge in [-0.3, -0.25) is 4.90 Å². The zero-order chi connectivity index (χ0) is 11.3. The Bertz CT molecular complexity index is 288. The van der Waals surface area contributed by atoms with E-state index >= 15 is 0 Å². The molecule has 5 nitrogen and oxygen atoms in total. The Morgan fingerprint density at radius 2 is 2.40 bits per heavy atom. The van der Waals surface area contributed by atoms with E-state index in [1.807, 2.05) is 24.9 Å². The van der Waals surface area contributed by atoms with Crippen LogP contribution in [-0.4, -0.2) is 42.0 Å². The van der Waals surface area contributed by atoms with Crippen LogP contribution in [0.15, 0.2) is 10.6 Å². The van der Waals surface area contributed by atoms with Crippen molar-refractivity contribution < 1.29 is 14.4 Å². The molecule has 1 aromatic heterocycles. The lowest BCUT2D eigenvalue weighted by molar-refractivity contribution is 0.148. The SMILES string of the molecule is COCc1cc(CN(C)C(C)CO)no1. The molecule has 0 aliphatic heterocycles. The fourth-order valence-corrected chi connectivity index (χ4v) is 1.19. The minimum absolute atomic E-state index is 0.118. The third-order valence-corrected chi connectivity index (χ3v) is 2.32. The Hall–Kier alpha value is -0.910. The van der Waals surface area contributed by atoms with Gasteiger partial charge in [-0.15, -0.1) is 0 Å². The first-order valence-corrected chi connectivity index (χ1v) is 4.92. The van der Waals surface area contributed by atoms with Crippen molar-refractivity contribution in [1.82, 2.24) is 10.1 Å². The minimum atomic E-state index is 0.118. The molecule has 0 aromatic carbocycles. The summed E-state index contributed by atoms with van der Waals surface area (Å²) >= 11 is 0. The summed E-state index contributed by atoms with van der Waals surface area (Å²) in [5, 5.41) is 12.9. The van der Waals surface area contributed by atoms with Gasteiger partial charge in [0.05, 0.1) is 12.3 Å². The number of aromatic nitrogens is 1. The van der Waals surface area contributed by atoms with Crippen LogP contribution < -0.4 is 0 Å². The van der Waals surface area contributed by atoms with Crippen molar-refractivity contribution >= 4 is 0 Å². The van der Waals surface area contributed by atoms with Gasteiger partial charge in [-0.1, -0.05) is 5.16 Å². The number of ether oxygens (including phenoxy) is 1. The zero-order valence-corrected chi connectivity index (χ0v) is 9.43. The highest BCUT2D eigenvalue weighted by atomic mass is 16.5. The van der Waals surface area contributed by atoms with Gasteiger partial charge in [0, 0.05) is 25.8 Å². The Kier molecular flexibility index (Phi) is 4.74. The molecule has 0 saturated carbocycles. The maximum absolute atomic E-state index is 8.97. The van der Waals surface area contributed by atoms with E-state index < -0.39 is 0 Å². The zero-order valence-electron chi connectivity index (χ0n) is 9.43. The lowest BCUT2D eigenvalue weighted by atomic mass is 10.3. The number of aliphatic hydroxyl groups excluding tert-OH is 1. The number of hydrogen-bond acceptors (Lipinski definition) is 5. The highest BCUT2D eigenvalue weighted by molar-refractivity contribution is 5.04. The fraction of sp³-hybridized carbons (Fsp3) is 0.700. The smallest absolute Gasteiger partial charge is 0.162 e. The molecular weight excluding hydrogens is 196 g/mol. The van der Waals surface area contributed by atoms with Gasteiger partial charge >= 0.3 is 0 Å². The van der Waals surface area contributed by atoms with Crippen molar-refractivity contribution in [3.63, 3.8) is 0 Å². The molecule has 15 heavy (non-hydrogen) atoms. The molecule has 0 radical (unpaired) electrons. The molecular formula is C10H18N2O3. The van der Waals surface area contributed by atoms with Crippen LogP contribution in [-0.2, 0) is 17.9 Å². The maximum atomic E-state index is 8.97. The fourth-order valence-electron chi connectivity index (χ4n) is 1.19. The number of hydrogen-bond donors (Lipinski definition) is 1. The van der Waals surface area contributed by atoms with Crippen LogP contribution in [0.25, 0.3) is 0 Å². The molecule has 0 aliphatic carbocycles. The quantitative estimate of drug-likeness (QED) is 0.752. The maximum Gasteiger partial charge on any atom is 0.162 e. The van der Waals surface area contributed by atoms with E-state index in [2.05, 4.69) is 5.16 Å². The molecule has 1 N–H and O–H groups in total. The Morgan fingerprint density at radius 3 is 3.00 bits per heavy atom. The lowest BCUT2D eigenvalue weighted by Crippen LogP contribution is -2.31. The van der Waals surface area contributed by atoms with Gasteiger partial charge < -0.3 is 14.4 Å². The van der Waals surface area contributed by atoms with Gasteiger partial charge in [-0.05, 0) is 14.0 Å². The van der Waals surface area contributed by atoms with Crippen LogP contribution in [0.1, 0.15) is 18.4 Å². The van der Waals surface area contributed by atoms with Gasteiger partial charge in [-0.25, -0.2) is 0 Å². The molecule has 0 fully saturated rings. The monoisotopic (exact) mass is 214 g/mol. The third kappa shape index (κ3) is 3.62. The van der Waals surface area contributed by atoms with Crippen LogP contribution in [0, 0.1) is 0 Å². The summed E-state index contributed by atoms with van der Waals surface area (Å²) in [7, 11) is 3.55. The molecule has 1 heterocycles. The number of nitrogens with zero attached hydrogens (tertiary/aromatic N) is 2. The second kappa shape index (κ2) is 5.85. The summed E-state index contributed by atoms with van der Waals surface area (Å²) < 4.78 is 9.98. The first-order chi connectivity index (χ1) is 7.17. The number of methoxy groups -OCH3 is 1. The average Bonchev–Trinajstić information content (AvgIpc) is 2.65. The molecule has 0 saturated heterocycles. The Labute approximate surface area is 89.6 Å². The van der Waals surface area contributed by atoms with E-state index in [0.717, 1.165) is 11.5 Å². The van der Waals surface area contributed by atoms with Crippen LogP contribution in [0.5, 0.6) is 0 Å². The summed E-state index contributed by atoms with van der Waals surface area (Å²) in [4.78, 5) is 2.01. The van der Waals surface area contributed by atoms with E-state index in [-0.39, 0.29) is 12.6 Å². The average molecular weight is 214 g/mol. The molecule has 0 amide bonds. The van der Waals surface area contributed by atoms with Crippen molar-refractivity contribution in [3.8, 4) is 0 Å². The third-order valence-electron chi connectivity index (χ3n) is 2.32. The van der Waals surface area contributed by atoms with E-state index in [0.29, 0.717) is 13.2 Å². The summed E-state index contributed by atoms with van der Waals surface area (Å²) in [5.74, 6) is 0.720. The van der Waals surface area contributed by atoms with Crippen molar-refractivity contribution in [2.24, 2.45) is 0 Å². The summed E-state index contributed by atoms with van der Waals surface area (Å²) in [5.41, 5.74) is 0.852. The molecule has 0 spiro atoms. The van der Waals surface area contributed by atoms with Gasteiger partial charge in [0.2, 0.25) is 0 Å². The van der Waals surface area contributed by atoms with Crippen molar-refractivity contribution in [2.75, 3.05) is 20.8 Å². The molecule has 1 atom stereocenters. The van der Waals surface area contributed by atoms with Gasteiger partial charge in [0.25, 0.3) is 0 Å². The molecule has 0 aliphatic rings. The Morgan fingerprint density at radius 1 is 1.67 bits per heavy atom. The lowest BCUT2D eigenvalue weighted by Gasteiger charge is -2.21. The van der Waals surface area contributed by atoms with Gasteiger partial charge in [0.1, 0.15) is 6.61 Å². The van der Waals surface area contributed by atoms with Crippen molar-refractivity contribution in [2.45, 2.75) is 26.1 Å². The van der Waals surface area contributed by atoms with E-state index in [4.69, 9.17) is 14.4 Å². The highest BCUT2D eigenvalue weighted by Crippen LogP contribution is 2.08. The largest absolute Gasteiger partial charge is 0.395 e. The first-order valence-electron chi connectivity index (χ1n) is 4.92. The molecule has 0 bridgehead atoms. The van der Waals surface area contributed by atoms with Gasteiger partial charge in [0.15, 0.2) is 5.76 Å². The van der Waals surface area contributed by atoms with Crippen molar-refractivity contribution in [1.29, 1.82) is 0 Å². The number of likely N-dealkylation sites (N-methyl/N-ethyl adjacent to an activating group) is 1. The summed E-state index contributed by atoms with van der Waals surface area (Å²) in [6.45, 7) is 3.19. The van der Waals surface area contributed by atoms with Gasteiger partial charge in [-0.2, -0.15) is 0 Å². The predicted octanol–water partition coefficient (Wildman–Crippen LogP) is 0.634. The molecule has 86 valence electrons. The second-order valence-electron chi connectivity index (χ2n) is 3.66. The topological polar surface area (TPSA) is 58.7 Å². The van der Waals surface area contributed by atoms with Crippen LogP contribution in [0.4, 0.5) is 0 Å². The van der Waals surface area contributed by atoms with Crippen LogP contribution in [0.3, 0.4) is 0 Å². The highest BCUT2D eigenvalue weighted by Gasteiger charge is 2.11. The second-order valence-corrected chi connectivity index (χ2v) is 3.66. The van der Waals surface area contributed by atoms with E-state index in [1.165, 1.54) is 0 Å². The summed E-state index contributed by atoms with van der Waals surface area (Å²) in [6, 6.07) is 1.98.